The number of aromatic nitrogens is 2. The maximum atomic E-state index is 12.4. The Balaban J connectivity index is 1.53. The van der Waals surface area contributed by atoms with Crippen LogP contribution in [0.3, 0.4) is 0 Å². The van der Waals surface area contributed by atoms with Crippen LogP contribution in [-0.2, 0) is 11.2 Å². The number of hydrogen-bond acceptors (Lipinski definition) is 4. The summed E-state index contributed by atoms with van der Waals surface area (Å²) in [5, 5.41) is 0. The topological polar surface area (TPSA) is 49.3 Å². The van der Waals surface area contributed by atoms with Crippen LogP contribution in [0.2, 0.25) is 0 Å². The lowest BCUT2D eigenvalue weighted by atomic mass is 10.1. The van der Waals surface area contributed by atoms with Gasteiger partial charge in [0.05, 0.1) is 12.1 Å². The second kappa shape index (κ2) is 7.33. The Morgan fingerprint density at radius 2 is 1.96 bits per heavy atom. The van der Waals surface area contributed by atoms with Crippen LogP contribution in [0.1, 0.15) is 24.2 Å². The number of carbonyl (C=O) groups is 1. The molecule has 0 N–H and O–H groups in total. The summed E-state index contributed by atoms with van der Waals surface area (Å²) >= 11 is 0. The van der Waals surface area contributed by atoms with Crippen molar-refractivity contribution in [1.82, 2.24) is 19.8 Å². The predicted molar refractivity (Wildman–Crippen MR) is 88.7 cm³/mol. The van der Waals surface area contributed by atoms with E-state index in [9.17, 15) is 4.79 Å². The van der Waals surface area contributed by atoms with Crippen molar-refractivity contribution in [2.24, 2.45) is 0 Å². The summed E-state index contributed by atoms with van der Waals surface area (Å²) < 4.78 is 0. The van der Waals surface area contributed by atoms with Gasteiger partial charge in [0.15, 0.2) is 0 Å². The fourth-order valence-electron chi connectivity index (χ4n) is 2.96. The Hall–Kier alpha value is -2.27. The van der Waals surface area contributed by atoms with E-state index in [4.69, 9.17) is 0 Å². The summed E-state index contributed by atoms with van der Waals surface area (Å²) in [6.45, 7) is 5.50. The van der Waals surface area contributed by atoms with Crippen LogP contribution in [0.15, 0.2) is 48.9 Å². The largest absolute Gasteiger partial charge is 0.340 e. The lowest BCUT2D eigenvalue weighted by Gasteiger charge is -2.37. The van der Waals surface area contributed by atoms with E-state index < -0.39 is 0 Å². The first-order valence-electron chi connectivity index (χ1n) is 8.05. The molecule has 0 radical (unpaired) electrons. The molecule has 1 saturated heterocycles. The highest BCUT2D eigenvalue weighted by atomic mass is 16.2. The first-order chi connectivity index (χ1) is 11.2. The molecule has 1 aliphatic rings. The van der Waals surface area contributed by atoms with Gasteiger partial charge in [0.1, 0.15) is 0 Å². The van der Waals surface area contributed by atoms with E-state index in [1.807, 2.05) is 35.4 Å². The van der Waals surface area contributed by atoms with Gasteiger partial charge in [-0.15, -0.1) is 0 Å². The highest BCUT2D eigenvalue weighted by Crippen LogP contribution is 2.19. The van der Waals surface area contributed by atoms with E-state index in [-0.39, 0.29) is 11.9 Å². The van der Waals surface area contributed by atoms with Crippen molar-refractivity contribution in [3.8, 4) is 0 Å². The molecule has 3 rings (SSSR count). The Labute approximate surface area is 137 Å². The number of amides is 1. The maximum Gasteiger partial charge on any atom is 0.227 e. The number of nitrogens with zero attached hydrogens (tertiary/aromatic N) is 4. The normalized spacial score (nSPS) is 17.0. The second-order valence-electron chi connectivity index (χ2n) is 5.89. The average molecular weight is 310 g/mol. The molecular formula is C18H22N4O. The highest BCUT2D eigenvalue weighted by Gasteiger charge is 2.25. The molecule has 0 bridgehead atoms. The van der Waals surface area contributed by atoms with Crippen molar-refractivity contribution in [3.05, 3.63) is 60.2 Å². The van der Waals surface area contributed by atoms with Crippen LogP contribution in [-0.4, -0.2) is 51.9 Å². The standard InChI is InChI=1S/C18H22N4O/c1-15(17-6-2-3-8-20-17)21-9-11-22(12-10-21)18(23)13-16-5-4-7-19-14-16/h2-8,14-15H,9-13H2,1H3/t15-/m1/s1. The van der Waals surface area contributed by atoms with Crippen molar-refractivity contribution in [2.75, 3.05) is 26.2 Å². The molecule has 0 spiro atoms. The zero-order valence-electron chi connectivity index (χ0n) is 13.4. The summed E-state index contributed by atoms with van der Waals surface area (Å²) in [6, 6.07) is 10.1. The molecule has 0 saturated carbocycles. The van der Waals surface area contributed by atoms with Crippen molar-refractivity contribution in [3.63, 3.8) is 0 Å². The minimum absolute atomic E-state index is 0.183. The molecule has 0 unspecified atom stereocenters. The highest BCUT2D eigenvalue weighted by molar-refractivity contribution is 5.78. The SMILES string of the molecule is C[C@H](c1ccccn1)N1CCN(C(=O)Cc2cccnc2)CC1. The van der Waals surface area contributed by atoms with E-state index in [1.165, 1.54) is 0 Å². The molecule has 2 aromatic rings. The van der Waals surface area contributed by atoms with Crippen molar-refractivity contribution in [2.45, 2.75) is 19.4 Å². The third-order valence-electron chi connectivity index (χ3n) is 4.41. The van der Waals surface area contributed by atoms with Gasteiger partial charge in [-0.25, -0.2) is 0 Å². The summed E-state index contributed by atoms with van der Waals surface area (Å²) in [7, 11) is 0. The number of carbonyl (C=O) groups excluding carboxylic acids is 1. The lowest BCUT2D eigenvalue weighted by molar-refractivity contribution is -0.132. The number of hydrogen-bond donors (Lipinski definition) is 0. The van der Waals surface area contributed by atoms with Crippen LogP contribution < -0.4 is 0 Å². The van der Waals surface area contributed by atoms with E-state index >= 15 is 0 Å². The quantitative estimate of drug-likeness (QED) is 0.866. The van der Waals surface area contributed by atoms with E-state index in [1.54, 1.807) is 12.4 Å². The van der Waals surface area contributed by atoms with Gasteiger partial charge in [0.2, 0.25) is 5.91 Å². The van der Waals surface area contributed by atoms with Gasteiger partial charge in [0, 0.05) is 50.8 Å². The molecule has 3 heterocycles. The summed E-state index contributed by atoms with van der Waals surface area (Å²) in [5.74, 6) is 0.183. The van der Waals surface area contributed by atoms with Crippen LogP contribution >= 0.6 is 0 Å². The Kier molecular flexibility index (Phi) is 4.98. The van der Waals surface area contributed by atoms with E-state index in [0.29, 0.717) is 6.42 Å². The van der Waals surface area contributed by atoms with Crippen molar-refractivity contribution < 1.29 is 4.79 Å². The zero-order chi connectivity index (χ0) is 16.1. The van der Waals surface area contributed by atoms with Gasteiger partial charge in [-0.05, 0) is 30.7 Å². The third-order valence-corrected chi connectivity index (χ3v) is 4.41. The van der Waals surface area contributed by atoms with Crippen LogP contribution in [0.4, 0.5) is 0 Å². The van der Waals surface area contributed by atoms with Crippen LogP contribution in [0.25, 0.3) is 0 Å². The smallest absolute Gasteiger partial charge is 0.227 e. The average Bonchev–Trinajstić information content (AvgIpc) is 2.63. The number of rotatable bonds is 4. The van der Waals surface area contributed by atoms with E-state index in [0.717, 1.165) is 37.4 Å². The molecule has 0 aromatic carbocycles. The molecule has 1 aliphatic heterocycles. The third kappa shape index (κ3) is 3.93. The van der Waals surface area contributed by atoms with Gasteiger partial charge < -0.3 is 4.90 Å². The van der Waals surface area contributed by atoms with Gasteiger partial charge in [-0.3, -0.25) is 19.7 Å². The molecule has 2 aromatic heterocycles. The molecule has 0 aliphatic carbocycles. The predicted octanol–water partition coefficient (Wildman–Crippen LogP) is 1.92. The molecule has 5 heteroatoms. The minimum Gasteiger partial charge on any atom is -0.340 e. The molecule has 1 fully saturated rings. The molecule has 23 heavy (non-hydrogen) atoms. The summed E-state index contributed by atoms with van der Waals surface area (Å²) in [6.07, 6.45) is 5.76. The van der Waals surface area contributed by atoms with Crippen LogP contribution in [0.5, 0.6) is 0 Å². The van der Waals surface area contributed by atoms with Crippen molar-refractivity contribution >= 4 is 5.91 Å². The van der Waals surface area contributed by atoms with Gasteiger partial charge in [0.25, 0.3) is 0 Å². The zero-order valence-corrected chi connectivity index (χ0v) is 13.4. The first-order valence-corrected chi connectivity index (χ1v) is 8.05. The Morgan fingerprint density at radius 1 is 1.13 bits per heavy atom. The fraction of sp³-hybridized carbons (Fsp3) is 0.389. The molecule has 5 nitrogen and oxygen atoms in total. The van der Waals surface area contributed by atoms with Gasteiger partial charge in [-0.1, -0.05) is 12.1 Å². The summed E-state index contributed by atoms with van der Waals surface area (Å²) in [4.78, 5) is 25.2. The Morgan fingerprint density at radius 3 is 2.61 bits per heavy atom. The second-order valence-corrected chi connectivity index (χ2v) is 5.89. The van der Waals surface area contributed by atoms with E-state index in [2.05, 4.69) is 27.9 Å². The van der Waals surface area contributed by atoms with Gasteiger partial charge in [-0.2, -0.15) is 0 Å². The maximum absolute atomic E-state index is 12.4. The number of piperazine rings is 1. The van der Waals surface area contributed by atoms with Crippen LogP contribution in [0, 0.1) is 0 Å². The molecule has 1 atom stereocenters. The van der Waals surface area contributed by atoms with Gasteiger partial charge >= 0.3 is 0 Å². The Bertz CT molecular complexity index is 624. The molecule has 1 amide bonds. The monoisotopic (exact) mass is 310 g/mol. The fourth-order valence-corrected chi connectivity index (χ4v) is 2.96. The lowest BCUT2D eigenvalue weighted by Crippen LogP contribution is -2.49. The first kappa shape index (κ1) is 15.6. The number of pyridine rings is 2. The summed E-state index contributed by atoms with van der Waals surface area (Å²) in [5.41, 5.74) is 2.06. The molecular weight excluding hydrogens is 288 g/mol. The molecule has 120 valence electrons. The van der Waals surface area contributed by atoms with Crippen molar-refractivity contribution in [1.29, 1.82) is 0 Å². The minimum atomic E-state index is 0.183.